The molecule has 5 heteroatoms. The maximum Gasteiger partial charge on any atom is 0.109 e. The summed E-state index contributed by atoms with van der Waals surface area (Å²) in [6.07, 6.45) is 4.88. The Labute approximate surface area is 116 Å². The zero-order valence-electron chi connectivity index (χ0n) is 12.3. The highest BCUT2D eigenvalue weighted by atomic mass is 16.5. The van der Waals surface area contributed by atoms with E-state index in [9.17, 15) is 0 Å². The Morgan fingerprint density at radius 1 is 1.53 bits per heavy atom. The Kier molecular flexibility index (Phi) is 5.36. The summed E-state index contributed by atoms with van der Waals surface area (Å²) in [7, 11) is 2.06. The predicted octanol–water partition coefficient (Wildman–Crippen LogP) is 0.661. The molecule has 1 saturated heterocycles. The molecular formula is C14H26N4O. The first kappa shape index (κ1) is 14.5. The second kappa shape index (κ2) is 7.03. The molecule has 1 N–H and O–H groups in total. The number of hydrogen-bond donors (Lipinski definition) is 1. The maximum atomic E-state index is 5.60. The lowest BCUT2D eigenvalue weighted by atomic mass is 10.2. The van der Waals surface area contributed by atoms with Gasteiger partial charge in [-0.15, -0.1) is 0 Å². The van der Waals surface area contributed by atoms with E-state index in [0.29, 0.717) is 12.1 Å². The van der Waals surface area contributed by atoms with Gasteiger partial charge in [0.25, 0.3) is 0 Å². The van der Waals surface area contributed by atoms with Crippen LogP contribution in [0, 0.1) is 0 Å². The molecule has 1 unspecified atom stereocenters. The van der Waals surface area contributed by atoms with Gasteiger partial charge in [0.15, 0.2) is 0 Å². The molecule has 0 aromatic carbocycles. The minimum absolute atomic E-state index is 0.483. The normalized spacial score (nSPS) is 21.2. The third-order valence-corrected chi connectivity index (χ3v) is 3.65. The van der Waals surface area contributed by atoms with Crippen LogP contribution in [0.4, 0.5) is 0 Å². The van der Waals surface area contributed by atoms with Crippen LogP contribution in [0.25, 0.3) is 0 Å². The zero-order valence-corrected chi connectivity index (χ0v) is 12.3. The van der Waals surface area contributed by atoms with Crippen molar-refractivity contribution in [2.75, 3.05) is 32.8 Å². The molecule has 1 aromatic rings. The van der Waals surface area contributed by atoms with Gasteiger partial charge in [-0.3, -0.25) is 4.90 Å². The predicted molar refractivity (Wildman–Crippen MR) is 76.2 cm³/mol. The molecule has 5 nitrogen and oxygen atoms in total. The monoisotopic (exact) mass is 266 g/mol. The maximum absolute atomic E-state index is 5.60. The van der Waals surface area contributed by atoms with Gasteiger partial charge in [0.2, 0.25) is 0 Å². The molecule has 2 heterocycles. The molecule has 2 rings (SSSR count). The fraction of sp³-hybridized carbons (Fsp3) is 0.786. The molecule has 0 radical (unpaired) electrons. The van der Waals surface area contributed by atoms with Gasteiger partial charge < -0.3 is 14.6 Å². The Hall–Kier alpha value is -0.910. The van der Waals surface area contributed by atoms with E-state index in [4.69, 9.17) is 4.74 Å². The number of aromatic nitrogens is 2. The fourth-order valence-corrected chi connectivity index (χ4v) is 2.42. The second-order valence-electron chi connectivity index (χ2n) is 5.53. The number of aryl methyl sites for hydroxylation is 1. The van der Waals surface area contributed by atoms with Crippen molar-refractivity contribution in [3.63, 3.8) is 0 Å². The van der Waals surface area contributed by atoms with Crippen LogP contribution in [0.3, 0.4) is 0 Å². The van der Waals surface area contributed by atoms with Crippen LogP contribution in [-0.2, 0) is 18.2 Å². The highest BCUT2D eigenvalue weighted by Gasteiger charge is 2.22. The highest BCUT2D eigenvalue weighted by Crippen LogP contribution is 2.08. The number of rotatable bonds is 6. The fourth-order valence-electron chi connectivity index (χ4n) is 2.42. The standard InChI is InChI=1S/C14H26N4O/c1-12(2)16-10-13-11-19-9-8-18(13)6-4-14-15-5-7-17(14)3/h5,7,12-13,16H,4,6,8-11H2,1-3H3. The number of imidazole rings is 1. The van der Waals surface area contributed by atoms with Gasteiger partial charge in [0, 0.05) is 57.6 Å². The summed E-state index contributed by atoms with van der Waals surface area (Å²) in [5.74, 6) is 1.15. The average Bonchev–Trinajstić information content (AvgIpc) is 2.80. The molecule has 0 spiro atoms. The van der Waals surface area contributed by atoms with Crippen LogP contribution >= 0.6 is 0 Å². The third kappa shape index (κ3) is 4.30. The Morgan fingerprint density at radius 2 is 2.37 bits per heavy atom. The summed E-state index contributed by atoms with van der Waals surface area (Å²) in [6.45, 7) is 9.12. The van der Waals surface area contributed by atoms with Gasteiger partial charge in [0.05, 0.1) is 13.2 Å². The van der Waals surface area contributed by atoms with E-state index >= 15 is 0 Å². The molecule has 1 fully saturated rings. The van der Waals surface area contributed by atoms with E-state index in [1.165, 1.54) is 0 Å². The molecular weight excluding hydrogens is 240 g/mol. The van der Waals surface area contributed by atoms with Crippen molar-refractivity contribution in [1.29, 1.82) is 0 Å². The Morgan fingerprint density at radius 3 is 3.05 bits per heavy atom. The first-order valence-electron chi connectivity index (χ1n) is 7.18. The van der Waals surface area contributed by atoms with Gasteiger partial charge in [-0.1, -0.05) is 13.8 Å². The SMILES string of the molecule is CC(C)NCC1COCCN1CCc1nccn1C. The molecule has 0 bridgehead atoms. The lowest BCUT2D eigenvalue weighted by Gasteiger charge is -2.36. The lowest BCUT2D eigenvalue weighted by Crippen LogP contribution is -2.51. The van der Waals surface area contributed by atoms with Crippen molar-refractivity contribution in [2.24, 2.45) is 7.05 Å². The number of morpholine rings is 1. The van der Waals surface area contributed by atoms with Crippen molar-refractivity contribution >= 4 is 0 Å². The van der Waals surface area contributed by atoms with Crippen molar-refractivity contribution in [1.82, 2.24) is 19.8 Å². The van der Waals surface area contributed by atoms with Crippen LogP contribution in [0.1, 0.15) is 19.7 Å². The molecule has 0 amide bonds. The molecule has 1 aliphatic heterocycles. The summed E-state index contributed by atoms with van der Waals surface area (Å²) < 4.78 is 7.70. The average molecular weight is 266 g/mol. The summed E-state index contributed by atoms with van der Waals surface area (Å²) in [5, 5.41) is 3.51. The van der Waals surface area contributed by atoms with E-state index < -0.39 is 0 Å². The van der Waals surface area contributed by atoms with Crippen molar-refractivity contribution in [3.05, 3.63) is 18.2 Å². The van der Waals surface area contributed by atoms with Crippen LogP contribution in [0.5, 0.6) is 0 Å². The lowest BCUT2D eigenvalue weighted by molar-refractivity contribution is -0.00699. The Balaban J connectivity index is 1.83. The van der Waals surface area contributed by atoms with E-state index in [2.05, 4.69) is 40.7 Å². The molecule has 1 aromatic heterocycles. The van der Waals surface area contributed by atoms with Gasteiger partial charge >= 0.3 is 0 Å². The van der Waals surface area contributed by atoms with Crippen molar-refractivity contribution in [3.8, 4) is 0 Å². The van der Waals surface area contributed by atoms with Crippen LogP contribution < -0.4 is 5.32 Å². The largest absolute Gasteiger partial charge is 0.378 e. The van der Waals surface area contributed by atoms with Gasteiger partial charge in [-0.2, -0.15) is 0 Å². The molecule has 1 aliphatic rings. The molecule has 19 heavy (non-hydrogen) atoms. The molecule has 0 saturated carbocycles. The smallest absolute Gasteiger partial charge is 0.109 e. The van der Waals surface area contributed by atoms with Crippen LogP contribution in [0.2, 0.25) is 0 Å². The molecule has 0 aliphatic carbocycles. The zero-order chi connectivity index (χ0) is 13.7. The quantitative estimate of drug-likeness (QED) is 0.821. The van der Waals surface area contributed by atoms with E-state index in [1.807, 2.05) is 12.4 Å². The van der Waals surface area contributed by atoms with E-state index in [0.717, 1.165) is 45.1 Å². The summed E-state index contributed by atoms with van der Waals surface area (Å²) >= 11 is 0. The van der Waals surface area contributed by atoms with Gasteiger partial charge in [0.1, 0.15) is 5.82 Å². The van der Waals surface area contributed by atoms with Crippen LogP contribution in [-0.4, -0.2) is 59.4 Å². The second-order valence-corrected chi connectivity index (χ2v) is 5.53. The van der Waals surface area contributed by atoms with Crippen molar-refractivity contribution in [2.45, 2.75) is 32.4 Å². The number of ether oxygens (including phenoxy) is 1. The summed E-state index contributed by atoms with van der Waals surface area (Å²) in [5.41, 5.74) is 0. The summed E-state index contributed by atoms with van der Waals surface area (Å²) in [6, 6.07) is 1.01. The minimum Gasteiger partial charge on any atom is -0.378 e. The molecule has 108 valence electrons. The van der Waals surface area contributed by atoms with Gasteiger partial charge in [-0.25, -0.2) is 4.98 Å². The van der Waals surface area contributed by atoms with Crippen LogP contribution in [0.15, 0.2) is 12.4 Å². The first-order valence-corrected chi connectivity index (χ1v) is 7.18. The van der Waals surface area contributed by atoms with Crippen molar-refractivity contribution < 1.29 is 4.74 Å². The number of hydrogen-bond acceptors (Lipinski definition) is 4. The number of nitrogens with one attached hydrogen (secondary N) is 1. The van der Waals surface area contributed by atoms with E-state index in [1.54, 1.807) is 0 Å². The van der Waals surface area contributed by atoms with Gasteiger partial charge in [-0.05, 0) is 0 Å². The minimum atomic E-state index is 0.483. The summed E-state index contributed by atoms with van der Waals surface area (Å²) in [4.78, 5) is 6.91. The first-order chi connectivity index (χ1) is 9.16. The highest BCUT2D eigenvalue weighted by molar-refractivity contribution is 4.92. The topological polar surface area (TPSA) is 42.3 Å². The molecule has 1 atom stereocenters. The number of nitrogens with zero attached hydrogens (tertiary/aromatic N) is 3. The Bertz CT molecular complexity index is 377. The van der Waals surface area contributed by atoms with E-state index in [-0.39, 0.29) is 0 Å². The third-order valence-electron chi connectivity index (χ3n) is 3.65.